The molecule has 5 nitrogen and oxygen atoms in total. The van der Waals surface area contributed by atoms with Gasteiger partial charge in [-0.3, -0.25) is 9.78 Å². The van der Waals surface area contributed by atoms with Crippen molar-refractivity contribution in [1.29, 1.82) is 0 Å². The molecule has 19 heavy (non-hydrogen) atoms. The van der Waals surface area contributed by atoms with Crippen LogP contribution >= 0.6 is 0 Å². The van der Waals surface area contributed by atoms with E-state index >= 15 is 0 Å². The van der Waals surface area contributed by atoms with Crippen LogP contribution in [0.4, 0.5) is 0 Å². The molecule has 5 heteroatoms. The second-order valence-electron chi connectivity index (χ2n) is 4.95. The molecule has 0 saturated heterocycles. The van der Waals surface area contributed by atoms with Crippen molar-refractivity contribution >= 4 is 11.9 Å². The van der Waals surface area contributed by atoms with Crippen LogP contribution in [0.3, 0.4) is 0 Å². The van der Waals surface area contributed by atoms with Gasteiger partial charge in [-0.1, -0.05) is 19.3 Å². The van der Waals surface area contributed by atoms with Gasteiger partial charge in [0.25, 0.3) is 5.91 Å². The quantitative estimate of drug-likeness (QED) is 0.870. The zero-order valence-electron chi connectivity index (χ0n) is 10.8. The van der Waals surface area contributed by atoms with Crippen LogP contribution in [-0.2, 0) is 0 Å². The summed E-state index contributed by atoms with van der Waals surface area (Å²) in [6, 6.07) is 2.68. The van der Waals surface area contributed by atoms with Crippen LogP contribution in [0, 0.1) is 5.92 Å². The maximum atomic E-state index is 11.9. The Labute approximate surface area is 112 Å². The van der Waals surface area contributed by atoms with E-state index in [1.54, 1.807) is 0 Å². The van der Waals surface area contributed by atoms with Crippen LogP contribution < -0.4 is 5.32 Å². The van der Waals surface area contributed by atoms with Crippen LogP contribution in [0.2, 0.25) is 0 Å². The number of hydrogen-bond acceptors (Lipinski definition) is 3. The average Bonchev–Trinajstić information content (AvgIpc) is 2.46. The van der Waals surface area contributed by atoms with E-state index in [1.807, 2.05) is 0 Å². The Morgan fingerprint density at radius 3 is 2.74 bits per heavy atom. The smallest absolute Gasteiger partial charge is 0.335 e. The van der Waals surface area contributed by atoms with Crippen LogP contribution in [0.15, 0.2) is 18.3 Å². The topological polar surface area (TPSA) is 79.3 Å². The second-order valence-corrected chi connectivity index (χ2v) is 4.95. The largest absolute Gasteiger partial charge is 0.478 e. The van der Waals surface area contributed by atoms with Crippen molar-refractivity contribution in [2.45, 2.75) is 32.1 Å². The van der Waals surface area contributed by atoms with Gasteiger partial charge in [-0.05, 0) is 30.9 Å². The lowest BCUT2D eigenvalue weighted by molar-refractivity contribution is 0.0696. The van der Waals surface area contributed by atoms with Crippen LogP contribution in [0.25, 0.3) is 0 Å². The molecule has 0 aliphatic heterocycles. The molecule has 0 radical (unpaired) electrons. The first-order valence-corrected chi connectivity index (χ1v) is 6.64. The molecule has 2 N–H and O–H groups in total. The molecule has 0 aromatic carbocycles. The van der Waals surface area contributed by atoms with Crippen molar-refractivity contribution in [1.82, 2.24) is 10.3 Å². The minimum atomic E-state index is -1.05. The Balaban J connectivity index is 1.92. The number of carboxylic acid groups (broad SMARTS) is 1. The lowest BCUT2D eigenvalue weighted by Crippen LogP contribution is -2.30. The van der Waals surface area contributed by atoms with Gasteiger partial charge in [0.05, 0.1) is 5.56 Å². The molecule has 0 bridgehead atoms. The molecule has 1 fully saturated rings. The normalized spacial score (nSPS) is 16.0. The van der Waals surface area contributed by atoms with Crippen molar-refractivity contribution in [3.63, 3.8) is 0 Å². The van der Waals surface area contributed by atoms with Crippen LogP contribution in [-0.4, -0.2) is 28.5 Å². The Hall–Kier alpha value is -1.91. The van der Waals surface area contributed by atoms with Gasteiger partial charge in [-0.15, -0.1) is 0 Å². The van der Waals surface area contributed by atoms with E-state index in [0.717, 1.165) is 12.8 Å². The van der Waals surface area contributed by atoms with Gasteiger partial charge in [0.1, 0.15) is 5.69 Å². The molecule has 1 aromatic rings. The lowest BCUT2D eigenvalue weighted by Gasteiger charge is -2.21. The minimum absolute atomic E-state index is 0.0813. The zero-order valence-corrected chi connectivity index (χ0v) is 10.8. The first-order valence-electron chi connectivity index (χ1n) is 6.64. The summed E-state index contributed by atoms with van der Waals surface area (Å²) in [5.41, 5.74) is 0.244. The minimum Gasteiger partial charge on any atom is -0.478 e. The van der Waals surface area contributed by atoms with Crippen LogP contribution in [0.5, 0.6) is 0 Å². The number of nitrogens with one attached hydrogen (secondary N) is 1. The SMILES string of the molecule is O=C(O)c1ccnc(C(=O)NCC2CCCCC2)c1. The van der Waals surface area contributed by atoms with Crippen molar-refractivity contribution in [3.05, 3.63) is 29.6 Å². The standard InChI is InChI=1S/C14H18N2O3/c17-13(16-9-10-4-2-1-3-5-10)12-8-11(14(18)19)6-7-15-12/h6-8,10H,1-5,9H2,(H,16,17)(H,18,19). The van der Waals surface area contributed by atoms with Crippen molar-refractivity contribution in [2.75, 3.05) is 6.54 Å². The number of nitrogens with zero attached hydrogens (tertiary/aromatic N) is 1. The van der Waals surface area contributed by atoms with Gasteiger partial charge >= 0.3 is 5.97 Å². The number of aromatic nitrogens is 1. The molecule has 2 rings (SSSR count). The second kappa shape index (κ2) is 6.31. The molecule has 0 spiro atoms. The molecule has 102 valence electrons. The molecular weight excluding hydrogens is 244 g/mol. The third kappa shape index (κ3) is 3.77. The van der Waals surface area contributed by atoms with E-state index in [2.05, 4.69) is 10.3 Å². The number of rotatable bonds is 4. The summed E-state index contributed by atoms with van der Waals surface area (Å²) in [5, 5.41) is 11.7. The summed E-state index contributed by atoms with van der Waals surface area (Å²) in [5.74, 6) is -0.808. The fourth-order valence-electron chi connectivity index (χ4n) is 2.41. The fraction of sp³-hybridized carbons (Fsp3) is 0.500. The molecule has 1 aliphatic carbocycles. The lowest BCUT2D eigenvalue weighted by atomic mass is 9.89. The Morgan fingerprint density at radius 1 is 1.32 bits per heavy atom. The molecule has 1 heterocycles. The Morgan fingerprint density at radius 2 is 2.05 bits per heavy atom. The Bertz CT molecular complexity index is 468. The predicted octanol–water partition coefficient (Wildman–Crippen LogP) is 2.09. The molecule has 1 aromatic heterocycles. The van der Waals surface area contributed by atoms with Crippen molar-refractivity contribution in [2.24, 2.45) is 5.92 Å². The van der Waals surface area contributed by atoms with Gasteiger partial charge in [-0.25, -0.2) is 4.79 Å². The zero-order chi connectivity index (χ0) is 13.7. The van der Waals surface area contributed by atoms with Gasteiger partial charge in [-0.2, -0.15) is 0 Å². The molecule has 1 aliphatic rings. The van der Waals surface area contributed by atoms with E-state index < -0.39 is 5.97 Å². The number of carboxylic acids is 1. The van der Waals surface area contributed by atoms with Gasteiger partial charge in [0.15, 0.2) is 0 Å². The molecule has 0 unspecified atom stereocenters. The van der Waals surface area contributed by atoms with Crippen LogP contribution in [0.1, 0.15) is 53.0 Å². The summed E-state index contributed by atoms with van der Waals surface area (Å²) in [7, 11) is 0. The average molecular weight is 262 g/mol. The van der Waals surface area contributed by atoms with Gasteiger partial charge < -0.3 is 10.4 Å². The van der Waals surface area contributed by atoms with E-state index in [4.69, 9.17) is 5.11 Å². The first-order chi connectivity index (χ1) is 9.16. The first kappa shape index (κ1) is 13.5. The number of pyridine rings is 1. The maximum Gasteiger partial charge on any atom is 0.335 e. The highest BCUT2D eigenvalue weighted by atomic mass is 16.4. The summed E-state index contributed by atoms with van der Waals surface area (Å²) in [6.07, 6.45) is 7.40. The van der Waals surface area contributed by atoms with E-state index in [-0.39, 0.29) is 17.2 Å². The van der Waals surface area contributed by atoms with Gasteiger partial charge in [0.2, 0.25) is 0 Å². The third-order valence-electron chi connectivity index (χ3n) is 3.52. The van der Waals surface area contributed by atoms with Gasteiger partial charge in [0, 0.05) is 12.7 Å². The fourth-order valence-corrected chi connectivity index (χ4v) is 2.41. The number of aromatic carboxylic acids is 1. The summed E-state index contributed by atoms with van der Waals surface area (Å²) < 4.78 is 0. The highest BCUT2D eigenvalue weighted by Crippen LogP contribution is 2.22. The highest BCUT2D eigenvalue weighted by molar-refractivity contribution is 5.95. The predicted molar refractivity (Wildman–Crippen MR) is 70.1 cm³/mol. The monoisotopic (exact) mass is 262 g/mol. The maximum absolute atomic E-state index is 11.9. The van der Waals surface area contributed by atoms with Crippen molar-refractivity contribution in [3.8, 4) is 0 Å². The van der Waals surface area contributed by atoms with E-state index in [9.17, 15) is 9.59 Å². The van der Waals surface area contributed by atoms with E-state index in [0.29, 0.717) is 12.5 Å². The summed E-state index contributed by atoms with van der Waals surface area (Å²) in [4.78, 5) is 26.6. The highest BCUT2D eigenvalue weighted by Gasteiger charge is 2.16. The van der Waals surface area contributed by atoms with E-state index in [1.165, 1.54) is 37.6 Å². The number of carbonyl (C=O) groups is 2. The third-order valence-corrected chi connectivity index (χ3v) is 3.52. The molecular formula is C14H18N2O3. The molecule has 0 atom stereocenters. The molecule has 1 amide bonds. The van der Waals surface area contributed by atoms with Crippen molar-refractivity contribution < 1.29 is 14.7 Å². The number of hydrogen-bond donors (Lipinski definition) is 2. The number of amides is 1. The summed E-state index contributed by atoms with van der Waals surface area (Å²) in [6.45, 7) is 0.651. The Kier molecular flexibility index (Phi) is 4.49. The number of carbonyl (C=O) groups excluding carboxylic acids is 1. The summed E-state index contributed by atoms with van der Waals surface area (Å²) >= 11 is 0. The molecule has 1 saturated carbocycles.